The van der Waals surface area contributed by atoms with Gasteiger partial charge in [-0.1, -0.05) is 27.5 Å². The van der Waals surface area contributed by atoms with Crippen LogP contribution in [0.4, 0.5) is 17.6 Å². The van der Waals surface area contributed by atoms with Gasteiger partial charge in [-0.05, 0) is 48.9 Å². The maximum atomic E-state index is 8.84. The first-order valence-corrected chi connectivity index (χ1v) is 8.54. The van der Waals surface area contributed by atoms with Crippen molar-refractivity contribution in [2.45, 2.75) is 6.92 Å². The Morgan fingerprint density at radius 3 is 2.58 bits per heavy atom. The van der Waals surface area contributed by atoms with Crippen LogP contribution in [0.25, 0.3) is 0 Å². The SMILES string of the molecule is Cc1cc(Br)cc(Cl)c1Oc1nc(N)nc(Nc2ccc(C#N)cc2)n1. The summed E-state index contributed by atoms with van der Waals surface area (Å²) < 4.78 is 6.55. The molecule has 0 amide bonds. The monoisotopic (exact) mass is 430 g/mol. The van der Waals surface area contributed by atoms with Crippen LogP contribution in [0.1, 0.15) is 11.1 Å². The Kier molecular flexibility index (Phi) is 5.21. The van der Waals surface area contributed by atoms with Crippen molar-refractivity contribution in [3.63, 3.8) is 0 Å². The van der Waals surface area contributed by atoms with E-state index in [0.717, 1.165) is 10.0 Å². The molecule has 0 aliphatic heterocycles. The number of nitrogens with one attached hydrogen (secondary N) is 1. The average Bonchev–Trinajstić information content (AvgIpc) is 2.58. The van der Waals surface area contributed by atoms with Gasteiger partial charge >= 0.3 is 6.01 Å². The first kappa shape index (κ1) is 17.9. The fourth-order valence-corrected chi connectivity index (χ4v) is 3.15. The molecule has 0 aliphatic rings. The number of anilines is 3. The lowest BCUT2D eigenvalue weighted by Gasteiger charge is -2.11. The molecule has 0 fully saturated rings. The number of rotatable bonds is 4. The van der Waals surface area contributed by atoms with E-state index in [4.69, 9.17) is 27.3 Å². The Morgan fingerprint density at radius 1 is 1.19 bits per heavy atom. The number of nitrogens with two attached hydrogens (primary N) is 1. The smallest absolute Gasteiger partial charge is 0.328 e. The molecule has 3 rings (SSSR count). The third kappa shape index (κ3) is 4.20. The van der Waals surface area contributed by atoms with Gasteiger partial charge in [0.15, 0.2) is 5.75 Å². The average molecular weight is 432 g/mol. The van der Waals surface area contributed by atoms with E-state index in [9.17, 15) is 0 Å². The number of aromatic nitrogens is 3. The second-order valence-electron chi connectivity index (χ2n) is 5.25. The summed E-state index contributed by atoms with van der Waals surface area (Å²) in [7, 11) is 0. The number of aryl methyl sites for hydroxylation is 1. The highest BCUT2D eigenvalue weighted by atomic mass is 79.9. The molecule has 1 aromatic heterocycles. The summed E-state index contributed by atoms with van der Waals surface area (Å²) in [5.41, 5.74) is 7.80. The Hall–Kier alpha value is -2.89. The third-order valence-corrected chi connectivity index (χ3v) is 4.03. The maximum Gasteiger partial charge on any atom is 0.328 e. The number of hydrogen-bond donors (Lipinski definition) is 2. The zero-order valence-corrected chi connectivity index (χ0v) is 15.8. The van der Waals surface area contributed by atoms with Crippen molar-refractivity contribution >= 4 is 45.1 Å². The van der Waals surface area contributed by atoms with E-state index in [1.54, 1.807) is 30.3 Å². The Morgan fingerprint density at radius 2 is 1.92 bits per heavy atom. The van der Waals surface area contributed by atoms with Crippen LogP contribution in [0.2, 0.25) is 5.02 Å². The zero-order valence-electron chi connectivity index (χ0n) is 13.5. The largest absolute Gasteiger partial charge is 0.422 e. The molecular weight excluding hydrogens is 420 g/mol. The van der Waals surface area contributed by atoms with Gasteiger partial charge in [-0.25, -0.2) is 0 Å². The van der Waals surface area contributed by atoms with Crippen LogP contribution >= 0.6 is 27.5 Å². The lowest BCUT2D eigenvalue weighted by Crippen LogP contribution is -2.05. The minimum Gasteiger partial charge on any atom is -0.422 e. The van der Waals surface area contributed by atoms with Crippen molar-refractivity contribution in [3.05, 3.63) is 57.0 Å². The first-order chi connectivity index (χ1) is 12.4. The van der Waals surface area contributed by atoms with Crippen LogP contribution in [-0.2, 0) is 0 Å². The van der Waals surface area contributed by atoms with Crippen molar-refractivity contribution in [1.29, 1.82) is 5.26 Å². The van der Waals surface area contributed by atoms with Crippen LogP contribution in [0, 0.1) is 18.3 Å². The van der Waals surface area contributed by atoms with E-state index < -0.39 is 0 Å². The fraction of sp³-hybridized carbons (Fsp3) is 0.0588. The van der Waals surface area contributed by atoms with Crippen molar-refractivity contribution in [3.8, 4) is 17.8 Å². The van der Waals surface area contributed by atoms with Crippen LogP contribution in [0.15, 0.2) is 40.9 Å². The molecule has 0 atom stereocenters. The van der Waals surface area contributed by atoms with Gasteiger partial charge in [0.05, 0.1) is 16.7 Å². The Labute approximate surface area is 163 Å². The number of nitrogens with zero attached hydrogens (tertiary/aromatic N) is 4. The molecule has 9 heteroatoms. The fourth-order valence-electron chi connectivity index (χ4n) is 2.14. The number of hydrogen-bond acceptors (Lipinski definition) is 7. The minimum atomic E-state index is -0.00275. The second-order valence-corrected chi connectivity index (χ2v) is 6.57. The molecule has 0 unspecified atom stereocenters. The summed E-state index contributed by atoms with van der Waals surface area (Å²) in [4.78, 5) is 12.2. The summed E-state index contributed by atoms with van der Waals surface area (Å²) >= 11 is 9.59. The molecule has 0 saturated carbocycles. The summed E-state index contributed by atoms with van der Waals surface area (Å²) in [5, 5.41) is 12.2. The lowest BCUT2D eigenvalue weighted by molar-refractivity contribution is 0.439. The Balaban J connectivity index is 1.87. The van der Waals surface area contributed by atoms with Gasteiger partial charge in [-0.15, -0.1) is 0 Å². The van der Waals surface area contributed by atoms with E-state index in [2.05, 4.69) is 42.3 Å². The summed E-state index contributed by atoms with van der Waals surface area (Å²) in [6.45, 7) is 1.85. The quantitative estimate of drug-likeness (QED) is 0.622. The molecule has 0 aliphatic carbocycles. The maximum absolute atomic E-state index is 8.84. The number of nitrogen functional groups attached to an aromatic ring is 1. The van der Waals surface area contributed by atoms with E-state index in [-0.39, 0.29) is 17.9 Å². The molecule has 0 saturated heterocycles. The highest BCUT2D eigenvalue weighted by Gasteiger charge is 2.12. The molecular formula is C17H12BrClN6O. The number of halogens is 2. The molecule has 130 valence electrons. The van der Waals surface area contributed by atoms with Crippen molar-refractivity contribution < 1.29 is 4.74 Å². The Bertz CT molecular complexity index is 980. The lowest BCUT2D eigenvalue weighted by atomic mass is 10.2. The van der Waals surface area contributed by atoms with Crippen molar-refractivity contribution in [1.82, 2.24) is 15.0 Å². The van der Waals surface area contributed by atoms with Gasteiger partial charge in [0.2, 0.25) is 11.9 Å². The predicted molar refractivity (Wildman–Crippen MR) is 103 cm³/mol. The van der Waals surface area contributed by atoms with E-state index in [1.165, 1.54) is 0 Å². The third-order valence-electron chi connectivity index (χ3n) is 3.29. The van der Waals surface area contributed by atoms with E-state index in [0.29, 0.717) is 22.0 Å². The normalized spacial score (nSPS) is 10.2. The molecule has 7 nitrogen and oxygen atoms in total. The minimum absolute atomic E-state index is 0.00275. The van der Waals surface area contributed by atoms with E-state index >= 15 is 0 Å². The molecule has 1 heterocycles. The van der Waals surface area contributed by atoms with Crippen LogP contribution < -0.4 is 15.8 Å². The molecule has 3 N–H and O–H groups in total. The van der Waals surface area contributed by atoms with Crippen LogP contribution in [-0.4, -0.2) is 15.0 Å². The number of ether oxygens (including phenoxy) is 1. The van der Waals surface area contributed by atoms with Crippen LogP contribution in [0.5, 0.6) is 11.8 Å². The zero-order chi connectivity index (χ0) is 18.7. The summed E-state index contributed by atoms with van der Waals surface area (Å²) in [5.74, 6) is 0.643. The van der Waals surface area contributed by atoms with Gasteiger partial charge in [0.25, 0.3) is 0 Å². The molecule has 26 heavy (non-hydrogen) atoms. The van der Waals surface area contributed by atoms with Gasteiger partial charge in [-0.2, -0.15) is 20.2 Å². The van der Waals surface area contributed by atoms with E-state index in [1.807, 2.05) is 13.0 Å². The highest BCUT2D eigenvalue weighted by molar-refractivity contribution is 9.10. The first-order valence-electron chi connectivity index (χ1n) is 7.37. The van der Waals surface area contributed by atoms with Gasteiger partial charge < -0.3 is 15.8 Å². The molecule has 0 radical (unpaired) electrons. The number of nitriles is 1. The van der Waals surface area contributed by atoms with Gasteiger partial charge in [-0.3, -0.25) is 0 Å². The molecule has 2 aromatic carbocycles. The highest BCUT2D eigenvalue weighted by Crippen LogP contribution is 2.34. The van der Waals surface area contributed by atoms with Crippen molar-refractivity contribution in [2.75, 3.05) is 11.1 Å². The standard InChI is InChI=1S/C17H12BrClN6O/c1-9-6-11(18)7-13(19)14(9)26-17-24-15(21)23-16(25-17)22-12-4-2-10(8-20)3-5-12/h2-7H,1H3,(H3,21,22,23,24,25). The topological polar surface area (TPSA) is 110 Å². The summed E-state index contributed by atoms with van der Waals surface area (Å²) in [6, 6.07) is 12.5. The van der Waals surface area contributed by atoms with Crippen LogP contribution in [0.3, 0.4) is 0 Å². The summed E-state index contributed by atoms with van der Waals surface area (Å²) in [6.07, 6.45) is 0. The molecule has 0 spiro atoms. The second kappa shape index (κ2) is 7.56. The molecule has 3 aromatic rings. The van der Waals surface area contributed by atoms with Gasteiger partial charge in [0, 0.05) is 10.2 Å². The predicted octanol–water partition coefficient (Wildman–Crippen LogP) is 4.59. The molecule has 0 bridgehead atoms. The van der Waals surface area contributed by atoms with Crippen molar-refractivity contribution in [2.24, 2.45) is 0 Å². The van der Waals surface area contributed by atoms with Gasteiger partial charge in [0.1, 0.15) is 0 Å². The number of benzene rings is 2.